The molecule has 0 amide bonds. The summed E-state index contributed by atoms with van der Waals surface area (Å²) >= 11 is 0. The second-order valence-electron chi connectivity index (χ2n) is 13.0. The zero-order chi connectivity index (χ0) is 24.6. The average molecular weight is 475 g/mol. The molecule has 0 aliphatic heterocycles. The van der Waals surface area contributed by atoms with Gasteiger partial charge in [-0.3, -0.25) is 0 Å². The molecule has 3 aliphatic rings. The standard InChI is InChI=1S/C33H46O2/c1-23-18-19-33(22-32(23,2)3,26-14-16-30(34)28(20-26)24-10-6-4-7-11-24)27-15-17-31(35)29(21-27)25-12-8-5-9-13-25/h4-13,23,26-31,34-35H,14-22H2,1-3H3. The van der Waals surface area contributed by atoms with Crippen molar-refractivity contribution < 1.29 is 10.2 Å². The number of benzene rings is 2. The Hall–Kier alpha value is -1.64. The van der Waals surface area contributed by atoms with Crippen molar-refractivity contribution in [3.8, 4) is 0 Å². The molecular weight excluding hydrogens is 428 g/mol. The van der Waals surface area contributed by atoms with Gasteiger partial charge in [0.2, 0.25) is 0 Å². The minimum atomic E-state index is -0.230. The van der Waals surface area contributed by atoms with E-state index in [1.165, 1.54) is 30.4 Å². The van der Waals surface area contributed by atoms with Crippen LogP contribution in [0.3, 0.4) is 0 Å². The van der Waals surface area contributed by atoms with Crippen molar-refractivity contribution in [2.24, 2.45) is 28.6 Å². The van der Waals surface area contributed by atoms with Gasteiger partial charge in [0.25, 0.3) is 0 Å². The molecule has 3 fully saturated rings. The van der Waals surface area contributed by atoms with E-state index in [1.807, 2.05) is 0 Å². The first-order chi connectivity index (χ1) is 16.8. The number of aliphatic hydroxyl groups excluding tert-OH is 2. The van der Waals surface area contributed by atoms with Crippen LogP contribution in [0.4, 0.5) is 0 Å². The Morgan fingerprint density at radius 1 is 0.657 bits per heavy atom. The van der Waals surface area contributed by atoms with Gasteiger partial charge in [-0.1, -0.05) is 81.4 Å². The van der Waals surface area contributed by atoms with E-state index in [0.717, 1.165) is 44.4 Å². The Morgan fingerprint density at radius 2 is 1.11 bits per heavy atom. The van der Waals surface area contributed by atoms with E-state index in [4.69, 9.17) is 0 Å². The van der Waals surface area contributed by atoms with Crippen LogP contribution in [-0.2, 0) is 0 Å². The van der Waals surface area contributed by atoms with Crippen LogP contribution in [-0.4, -0.2) is 22.4 Å². The molecule has 2 aromatic carbocycles. The third-order valence-corrected chi connectivity index (χ3v) is 10.9. The van der Waals surface area contributed by atoms with Gasteiger partial charge in [-0.25, -0.2) is 0 Å². The van der Waals surface area contributed by atoms with Crippen molar-refractivity contribution >= 4 is 0 Å². The molecular formula is C33H46O2. The van der Waals surface area contributed by atoms with Gasteiger partial charge in [-0.05, 0) is 97.5 Å². The van der Waals surface area contributed by atoms with E-state index in [-0.39, 0.29) is 24.0 Å². The second kappa shape index (κ2) is 10.0. The van der Waals surface area contributed by atoms with Gasteiger partial charge in [0.1, 0.15) is 0 Å². The highest BCUT2D eigenvalue weighted by Gasteiger charge is 2.54. The highest BCUT2D eigenvalue weighted by atomic mass is 16.3. The third kappa shape index (κ3) is 4.86. The zero-order valence-electron chi connectivity index (χ0n) is 22.1. The van der Waals surface area contributed by atoms with Crippen LogP contribution >= 0.6 is 0 Å². The summed E-state index contributed by atoms with van der Waals surface area (Å²) in [5, 5.41) is 22.1. The first-order valence-corrected chi connectivity index (χ1v) is 14.3. The van der Waals surface area contributed by atoms with Gasteiger partial charge >= 0.3 is 0 Å². The third-order valence-electron chi connectivity index (χ3n) is 10.9. The first-order valence-electron chi connectivity index (χ1n) is 14.3. The molecule has 0 aromatic heterocycles. The minimum absolute atomic E-state index is 0.230. The van der Waals surface area contributed by atoms with Crippen LogP contribution in [0.5, 0.6) is 0 Å². The maximum absolute atomic E-state index is 11.1. The number of rotatable bonds is 4. The van der Waals surface area contributed by atoms with Crippen LogP contribution < -0.4 is 0 Å². The molecule has 190 valence electrons. The molecule has 0 heterocycles. The number of aliphatic hydroxyl groups is 2. The largest absolute Gasteiger partial charge is 0.392 e. The topological polar surface area (TPSA) is 40.5 Å². The molecule has 0 radical (unpaired) electrons. The van der Waals surface area contributed by atoms with Crippen molar-refractivity contribution in [3.63, 3.8) is 0 Å². The van der Waals surface area contributed by atoms with Crippen LogP contribution in [0, 0.1) is 28.6 Å². The smallest absolute Gasteiger partial charge is 0.0608 e. The highest BCUT2D eigenvalue weighted by molar-refractivity contribution is 5.24. The fourth-order valence-corrected chi connectivity index (χ4v) is 8.49. The molecule has 3 saturated carbocycles. The Morgan fingerprint density at radius 3 is 1.54 bits per heavy atom. The molecule has 0 bridgehead atoms. The Labute approximate surface area is 213 Å². The van der Waals surface area contributed by atoms with Crippen molar-refractivity contribution in [3.05, 3.63) is 71.8 Å². The normalized spacial score (nSPS) is 39.7. The lowest BCUT2D eigenvalue weighted by atomic mass is 9.46. The van der Waals surface area contributed by atoms with Gasteiger partial charge < -0.3 is 10.2 Å². The maximum atomic E-state index is 11.1. The van der Waals surface area contributed by atoms with Crippen LogP contribution in [0.1, 0.15) is 102 Å². The number of hydrogen-bond acceptors (Lipinski definition) is 2. The summed E-state index contributed by atoms with van der Waals surface area (Å²) in [6, 6.07) is 21.5. The molecule has 35 heavy (non-hydrogen) atoms. The van der Waals surface area contributed by atoms with Crippen molar-refractivity contribution in [2.45, 2.75) is 103 Å². The first kappa shape index (κ1) is 25.0. The summed E-state index contributed by atoms with van der Waals surface area (Å²) in [6.45, 7) is 7.47. The van der Waals surface area contributed by atoms with E-state index in [2.05, 4.69) is 81.4 Å². The van der Waals surface area contributed by atoms with Crippen molar-refractivity contribution in [1.82, 2.24) is 0 Å². The van der Waals surface area contributed by atoms with Gasteiger partial charge in [0.15, 0.2) is 0 Å². The Kier molecular flexibility index (Phi) is 7.16. The molecule has 5 rings (SSSR count). The monoisotopic (exact) mass is 474 g/mol. The van der Waals surface area contributed by atoms with Gasteiger partial charge in [0.05, 0.1) is 12.2 Å². The summed E-state index contributed by atoms with van der Waals surface area (Å²) in [6.07, 6.45) is 9.76. The van der Waals surface area contributed by atoms with E-state index in [1.54, 1.807) is 0 Å². The molecule has 2 N–H and O–H groups in total. The molecule has 7 unspecified atom stereocenters. The van der Waals surface area contributed by atoms with Crippen molar-refractivity contribution in [2.75, 3.05) is 0 Å². The lowest BCUT2D eigenvalue weighted by Crippen LogP contribution is -2.51. The second-order valence-corrected chi connectivity index (χ2v) is 13.0. The predicted octanol–water partition coefficient (Wildman–Crippen LogP) is 7.71. The van der Waals surface area contributed by atoms with Crippen LogP contribution in [0.25, 0.3) is 0 Å². The summed E-state index contributed by atoms with van der Waals surface area (Å²) in [4.78, 5) is 0. The average Bonchev–Trinajstić information content (AvgIpc) is 2.87. The molecule has 2 nitrogen and oxygen atoms in total. The summed E-state index contributed by atoms with van der Waals surface area (Å²) in [5.74, 6) is 2.51. The molecule has 0 saturated heterocycles. The highest BCUT2D eigenvalue weighted by Crippen LogP contribution is 2.63. The quantitative estimate of drug-likeness (QED) is 0.476. The summed E-state index contributed by atoms with van der Waals surface area (Å²) < 4.78 is 0. The zero-order valence-corrected chi connectivity index (χ0v) is 22.1. The van der Waals surface area contributed by atoms with E-state index >= 15 is 0 Å². The SMILES string of the molecule is CC1CCC(C2CCC(O)C(c3ccccc3)C2)(C2CCC(O)C(c3ccccc3)C2)CC1(C)C. The summed E-state index contributed by atoms with van der Waals surface area (Å²) in [5.41, 5.74) is 3.25. The molecule has 2 aromatic rings. The Balaban J connectivity index is 1.48. The van der Waals surface area contributed by atoms with E-state index in [9.17, 15) is 10.2 Å². The molecule has 3 aliphatic carbocycles. The Bertz CT molecular complexity index is 888. The number of hydrogen-bond donors (Lipinski definition) is 2. The molecule has 7 atom stereocenters. The van der Waals surface area contributed by atoms with Gasteiger partial charge in [0, 0.05) is 11.8 Å². The summed E-state index contributed by atoms with van der Waals surface area (Å²) in [7, 11) is 0. The fraction of sp³-hybridized carbons (Fsp3) is 0.636. The van der Waals surface area contributed by atoms with Crippen LogP contribution in [0.2, 0.25) is 0 Å². The minimum Gasteiger partial charge on any atom is -0.392 e. The molecule has 2 heteroatoms. The lowest BCUT2D eigenvalue weighted by molar-refractivity contribution is -0.0969. The van der Waals surface area contributed by atoms with Crippen molar-refractivity contribution in [1.29, 1.82) is 0 Å². The van der Waals surface area contributed by atoms with E-state index in [0.29, 0.717) is 22.7 Å². The lowest BCUT2D eigenvalue weighted by Gasteiger charge is -2.59. The fourth-order valence-electron chi connectivity index (χ4n) is 8.49. The van der Waals surface area contributed by atoms with Gasteiger partial charge in [-0.15, -0.1) is 0 Å². The maximum Gasteiger partial charge on any atom is 0.0608 e. The van der Waals surface area contributed by atoms with Crippen LogP contribution in [0.15, 0.2) is 60.7 Å². The van der Waals surface area contributed by atoms with E-state index < -0.39 is 0 Å². The predicted molar refractivity (Wildman–Crippen MR) is 144 cm³/mol. The molecule has 0 spiro atoms. The van der Waals surface area contributed by atoms with Gasteiger partial charge in [-0.2, -0.15) is 0 Å².